The summed E-state index contributed by atoms with van der Waals surface area (Å²) >= 11 is 10.6. The molecule has 1 aromatic carbocycles. The minimum atomic E-state index is -4.14. The van der Waals surface area contributed by atoms with Gasteiger partial charge in [-0.15, -0.1) is 0 Å². The Morgan fingerprint density at radius 2 is 2.06 bits per heavy atom. The topological polar surface area (TPSA) is 20.7 Å². The van der Waals surface area contributed by atoms with Crippen LogP contribution in [0.5, 0.6) is 0 Å². The molecule has 0 aliphatic carbocycles. The van der Waals surface area contributed by atoms with Gasteiger partial charge in [-0.05, 0) is 30.4 Å². The Morgan fingerprint density at radius 1 is 1.39 bits per heavy atom. The number of benzene rings is 1. The van der Waals surface area contributed by atoms with Crippen LogP contribution in [0.15, 0.2) is 18.2 Å². The van der Waals surface area contributed by atoms with E-state index in [9.17, 15) is 17.6 Å². The summed E-state index contributed by atoms with van der Waals surface area (Å²) in [5, 5.41) is 0.311. The molecule has 0 radical (unpaired) electrons. The lowest BCUT2D eigenvalue weighted by molar-refractivity contribution is -0.137. The number of alkyl halides is 4. The second-order valence-electron chi connectivity index (χ2n) is 3.74. The standard InChI is InChI=1S/C10H7ClF4N2S/c11-5-1-2-6-7(3-5)17(9(18)16-6)4-10(14,15)8(12)13/h1-3,8H,4H2,(H,16,18). The molecule has 8 heteroatoms. The Kier molecular flexibility index (Phi) is 3.37. The summed E-state index contributed by atoms with van der Waals surface area (Å²) in [7, 11) is 0. The fourth-order valence-corrected chi connectivity index (χ4v) is 2.00. The quantitative estimate of drug-likeness (QED) is 0.663. The first-order valence-electron chi connectivity index (χ1n) is 4.85. The average Bonchev–Trinajstić information content (AvgIpc) is 2.55. The van der Waals surface area contributed by atoms with Crippen LogP contribution < -0.4 is 0 Å². The van der Waals surface area contributed by atoms with Gasteiger partial charge in [0.05, 0.1) is 17.6 Å². The molecule has 1 heterocycles. The Labute approximate surface area is 109 Å². The maximum atomic E-state index is 13.1. The number of halogens is 5. The predicted octanol–water partition coefficient (Wildman–Crippen LogP) is 4.25. The van der Waals surface area contributed by atoms with Gasteiger partial charge in [-0.2, -0.15) is 8.78 Å². The summed E-state index contributed by atoms with van der Waals surface area (Å²) in [6.07, 6.45) is -3.75. The van der Waals surface area contributed by atoms with Crippen molar-refractivity contribution in [1.29, 1.82) is 0 Å². The third kappa shape index (κ3) is 2.37. The maximum Gasteiger partial charge on any atom is 0.324 e. The molecule has 2 nitrogen and oxygen atoms in total. The first kappa shape index (κ1) is 13.4. The van der Waals surface area contributed by atoms with E-state index in [0.717, 1.165) is 4.57 Å². The van der Waals surface area contributed by atoms with E-state index < -0.39 is 18.9 Å². The molecule has 2 rings (SSSR count). The van der Waals surface area contributed by atoms with Crippen LogP contribution >= 0.6 is 23.8 Å². The molecule has 18 heavy (non-hydrogen) atoms. The van der Waals surface area contributed by atoms with Crippen molar-refractivity contribution in [2.45, 2.75) is 18.9 Å². The van der Waals surface area contributed by atoms with Crippen LogP contribution in [0, 0.1) is 4.77 Å². The van der Waals surface area contributed by atoms with Crippen LogP contribution in [0.25, 0.3) is 11.0 Å². The van der Waals surface area contributed by atoms with Crippen LogP contribution in [0.2, 0.25) is 5.02 Å². The molecule has 0 saturated carbocycles. The van der Waals surface area contributed by atoms with Crippen molar-refractivity contribution in [1.82, 2.24) is 9.55 Å². The van der Waals surface area contributed by atoms with Gasteiger partial charge in [0.25, 0.3) is 0 Å². The lowest BCUT2D eigenvalue weighted by atomic mass is 10.3. The van der Waals surface area contributed by atoms with E-state index in [2.05, 4.69) is 4.98 Å². The van der Waals surface area contributed by atoms with E-state index in [4.69, 9.17) is 23.8 Å². The van der Waals surface area contributed by atoms with Gasteiger partial charge in [0.15, 0.2) is 4.77 Å². The number of imidazole rings is 1. The monoisotopic (exact) mass is 298 g/mol. The normalized spacial score (nSPS) is 12.6. The van der Waals surface area contributed by atoms with Crippen molar-refractivity contribution in [3.63, 3.8) is 0 Å². The zero-order valence-electron chi connectivity index (χ0n) is 8.76. The number of aromatic nitrogens is 2. The summed E-state index contributed by atoms with van der Waals surface area (Å²) in [4.78, 5) is 2.66. The molecule has 0 unspecified atom stereocenters. The zero-order chi connectivity index (χ0) is 13.5. The van der Waals surface area contributed by atoms with Crippen molar-refractivity contribution >= 4 is 34.9 Å². The van der Waals surface area contributed by atoms with E-state index in [0.29, 0.717) is 10.5 Å². The van der Waals surface area contributed by atoms with Crippen molar-refractivity contribution in [3.05, 3.63) is 28.0 Å². The number of nitrogens with one attached hydrogen (secondary N) is 1. The molecule has 2 aromatic rings. The highest BCUT2D eigenvalue weighted by atomic mass is 35.5. The number of hydrogen-bond acceptors (Lipinski definition) is 1. The molecule has 0 saturated heterocycles. The zero-order valence-corrected chi connectivity index (χ0v) is 10.3. The molecule has 0 aliphatic rings. The second-order valence-corrected chi connectivity index (χ2v) is 4.56. The second kappa shape index (κ2) is 4.55. The summed E-state index contributed by atoms with van der Waals surface area (Å²) in [5.41, 5.74) is 0.738. The number of H-pyrrole nitrogens is 1. The van der Waals surface area contributed by atoms with Crippen LogP contribution in [-0.4, -0.2) is 21.9 Å². The van der Waals surface area contributed by atoms with E-state index in [1.54, 1.807) is 12.1 Å². The van der Waals surface area contributed by atoms with Gasteiger partial charge in [-0.25, -0.2) is 8.78 Å². The third-order valence-electron chi connectivity index (χ3n) is 2.43. The maximum absolute atomic E-state index is 13.1. The molecule has 1 N–H and O–H groups in total. The molecule has 0 amide bonds. The molecule has 0 bridgehead atoms. The Morgan fingerprint density at radius 3 is 2.67 bits per heavy atom. The van der Waals surface area contributed by atoms with Crippen molar-refractivity contribution in [3.8, 4) is 0 Å². The van der Waals surface area contributed by atoms with Gasteiger partial charge in [0.1, 0.15) is 0 Å². The van der Waals surface area contributed by atoms with Gasteiger partial charge < -0.3 is 9.55 Å². The Balaban J connectivity index is 2.54. The highest BCUT2D eigenvalue weighted by Gasteiger charge is 2.41. The van der Waals surface area contributed by atoms with Crippen molar-refractivity contribution in [2.24, 2.45) is 0 Å². The minimum absolute atomic E-state index is 0.0485. The first-order valence-corrected chi connectivity index (χ1v) is 5.64. The van der Waals surface area contributed by atoms with Gasteiger partial charge in [-0.3, -0.25) is 0 Å². The number of nitrogens with zero attached hydrogens (tertiary/aromatic N) is 1. The first-order chi connectivity index (χ1) is 8.31. The summed E-state index contributed by atoms with van der Waals surface area (Å²) in [6.45, 7) is -1.19. The number of hydrogen-bond donors (Lipinski definition) is 1. The molecular formula is C10H7ClF4N2S. The minimum Gasteiger partial charge on any atom is -0.331 e. The third-order valence-corrected chi connectivity index (χ3v) is 2.98. The lowest BCUT2D eigenvalue weighted by Crippen LogP contribution is -2.32. The lowest BCUT2D eigenvalue weighted by Gasteiger charge is -2.16. The SMILES string of the molecule is FC(F)C(F)(F)Cn1c(=S)[nH]c2ccc(Cl)cc21. The Bertz CT molecular complexity index is 634. The number of rotatable bonds is 3. The molecule has 98 valence electrons. The average molecular weight is 299 g/mol. The van der Waals surface area contributed by atoms with Crippen LogP contribution in [0.4, 0.5) is 17.6 Å². The predicted molar refractivity (Wildman–Crippen MR) is 63.1 cm³/mol. The van der Waals surface area contributed by atoms with Crippen molar-refractivity contribution in [2.75, 3.05) is 0 Å². The molecule has 0 atom stereocenters. The molecule has 0 fully saturated rings. The largest absolute Gasteiger partial charge is 0.331 e. The highest BCUT2D eigenvalue weighted by Crippen LogP contribution is 2.28. The van der Waals surface area contributed by atoms with Crippen LogP contribution in [-0.2, 0) is 6.54 Å². The van der Waals surface area contributed by atoms with Gasteiger partial charge >= 0.3 is 12.3 Å². The van der Waals surface area contributed by atoms with E-state index in [-0.39, 0.29) is 10.3 Å². The smallest absolute Gasteiger partial charge is 0.324 e. The fraction of sp³-hybridized carbons (Fsp3) is 0.300. The summed E-state index contributed by atoms with van der Waals surface area (Å²) < 4.78 is 51.3. The van der Waals surface area contributed by atoms with Crippen LogP contribution in [0.3, 0.4) is 0 Å². The molecule has 0 aliphatic heterocycles. The van der Waals surface area contributed by atoms with E-state index in [1.807, 2.05) is 0 Å². The van der Waals surface area contributed by atoms with Gasteiger partial charge in [-0.1, -0.05) is 11.6 Å². The van der Waals surface area contributed by atoms with Crippen molar-refractivity contribution < 1.29 is 17.6 Å². The summed E-state index contributed by atoms with van der Waals surface area (Å²) in [5.74, 6) is -4.14. The van der Waals surface area contributed by atoms with E-state index in [1.165, 1.54) is 6.07 Å². The molecular weight excluding hydrogens is 292 g/mol. The molecule has 1 aromatic heterocycles. The summed E-state index contributed by atoms with van der Waals surface area (Å²) in [6, 6.07) is 4.49. The number of fused-ring (bicyclic) bond motifs is 1. The van der Waals surface area contributed by atoms with Gasteiger partial charge in [0.2, 0.25) is 0 Å². The highest BCUT2D eigenvalue weighted by molar-refractivity contribution is 7.71. The van der Waals surface area contributed by atoms with Crippen LogP contribution in [0.1, 0.15) is 0 Å². The number of aromatic amines is 1. The molecule has 0 spiro atoms. The van der Waals surface area contributed by atoms with E-state index >= 15 is 0 Å². The Hall–Kier alpha value is -1.08. The van der Waals surface area contributed by atoms with Gasteiger partial charge in [0, 0.05) is 5.02 Å². The fourth-order valence-electron chi connectivity index (χ4n) is 1.56.